The second kappa shape index (κ2) is 5.18. The topological polar surface area (TPSA) is 25.8 Å². The maximum Gasteiger partial charge on any atom is 0.135 e. The van der Waals surface area contributed by atoms with Crippen molar-refractivity contribution in [3.63, 3.8) is 0 Å². The summed E-state index contributed by atoms with van der Waals surface area (Å²) in [5.41, 5.74) is 1.06. The molecule has 0 saturated heterocycles. The molecule has 0 aliphatic rings. The maximum atomic E-state index is 5.99. The van der Waals surface area contributed by atoms with E-state index in [4.69, 9.17) is 11.6 Å². The van der Waals surface area contributed by atoms with Gasteiger partial charge in [-0.3, -0.25) is 0 Å². The van der Waals surface area contributed by atoms with Crippen molar-refractivity contribution in [1.82, 2.24) is 9.97 Å². The molecule has 2 nitrogen and oxygen atoms in total. The molecule has 0 aliphatic carbocycles. The van der Waals surface area contributed by atoms with Gasteiger partial charge in [0.2, 0.25) is 0 Å². The highest BCUT2D eigenvalue weighted by Crippen LogP contribution is 2.14. The summed E-state index contributed by atoms with van der Waals surface area (Å²) < 4.78 is 0. The lowest BCUT2D eigenvalue weighted by atomic mass is 10.2. The number of hydrogen-bond acceptors (Lipinski definition) is 2. The Hall–Kier alpha value is -0.630. The summed E-state index contributed by atoms with van der Waals surface area (Å²) in [7, 11) is 0. The molecule has 0 spiro atoms. The van der Waals surface area contributed by atoms with E-state index in [9.17, 15) is 0 Å². The molecule has 0 fully saturated rings. The number of rotatable bonds is 4. The number of aromatic nitrogens is 2. The summed E-state index contributed by atoms with van der Waals surface area (Å²) in [6, 6.07) is 0. The van der Waals surface area contributed by atoms with E-state index in [1.165, 1.54) is 0 Å². The van der Waals surface area contributed by atoms with Crippen molar-refractivity contribution < 1.29 is 0 Å². The van der Waals surface area contributed by atoms with Crippen molar-refractivity contribution in [3.05, 3.63) is 22.7 Å². The van der Waals surface area contributed by atoms with Crippen LogP contribution in [0.3, 0.4) is 0 Å². The van der Waals surface area contributed by atoms with Crippen LogP contribution in [0.15, 0.2) is 6.20 Å². The lowest BCUT2D eigenvalue weighted by Gasteiger charge is -2.02. The van der Waals surface area contributed by atoms with Gasteiger partial charge in [0.25, 0.3) is 0 Å². The van der Waals surface area contributed by atoms with E-state index in [1.54, 1.807) is 0 Å². The van der Waals surface area contributed by atoms with Gasteiger partial charge in [-0.15, -0.1) is 0 Å². The van der Waals surface area contributed by atoms with Crippen LogP contribution in [-0.2, 0) is 12.8 Å². The molecule has 0 N–H and O–H groups in total. The van der Waals surface area contributed by atoms with E-state index >= 15 is 0 Å². The number of halogens is 1. The molecule has 0 radical (unpaired) electrons. The zero-order valence-electron chi connectivity index (χ0n) is 8.18. The van der Waals surface area contributed by atoms with E-state index in [0.717, 1.165) is 37.1 Å². The van der Waals surface area contributed by atoms with Gasteiger partial charge in [0.1, 0.15) is 11.0 Å². The zero-order chi connectivity index (χ0) is 9.68. The van der Waals surface area contributed by atoms with Crippen LogP contribution in [0.5, 0.6) is 0 Å². The van der Waals surface area contributed by atoms with Gasteiger partial charge in [0.15, 0.2) is 0 Å². The summed E-state index contributed by atoms with van der Waals surface area (Å²) in [4.78, 5) is 8.49. The quantitative estimate of drug-likeness (QED) is 0.696. The van der Waals surface area contributed by atoms with Gasteiger partial charge < -0.3 is 0 Å². The predicted molar refractivity (Wildman–Crippen MR) is 55.0 cm³/mol. The third kappa shape index (κ3) is 2.96. The van der Waals surface area contributed by atoms with E-state index in [1.807, 2.05) is 6.20 Å². The van der Waals surface area contributed by atoms with Crippen LogP contribution in [0.25, 0.3) is 0 Å². The SMILES string of the molecule is CCCc1ncc(CCC)c(Cl)n1. The third-order valence-electron chi connectivity index (χ3n) is 1.85. The van der Waals surface area contributed by atoms with E-state index < -0.39 is 0 Å². The molecule has 0 unspecified atom stereocenters. The first-order chi connectivity index (χ1) is 6.27. The molecule has 0 saturated carbocycles. The van der Waals surface area contributed by atoms with E-state index in [-0.39, 0.29) is 0 Å². The van der Waals surface area contributed by atoms with Crippen LogP contribution < -0.4 is 0 Å². The highest BCUT2D eigenvalue weighted by atomic mass is 35.5. The number of hydrogen-bond donors (Lipinski definition) is 0. The monoisotopic (exact) mass is 198 g/mol. The molecule has 0 amide bonds. The molecular formula is C10H15ClN2. The highest BCUT2D eigenvalue weighted by molar-refractivity contribution is 6.30. The van der Waals surface area contributed by atoms with Gasteiger partial charge in [-0.1, -0.05) is 31.9 Å². The molecule has 0 bridgehead atoms. The molecule has 1 aromatic rings. The smallest absolute Gasteiger partial charge is 0.135 e. The molecular weight excluding hydrogens is 184 g/mol. The zero-order valence-corrected chi connectivity index (χ0v) is 8.93. The summed E-state index contributed by atoms with van der Waals surface area (Å²) in [6.45, 7) is 4.23. The maximum absolute atomic E-state index is 5.99. The Morgan fingerprint density at radius 1 is 1.23 bits per heavy atom. The minimum Gasteiger partial charge on any atom is -0.241 e. The van der Waals surface area contributed by atoms with Gasteiger partial charge in [-0.2, -0.15) is 0 Å². The van der Waals surface area contributed by atoms with Crippen LogP contribution in [0, 0.1) is 0 Å². The van der Waals surface area contributed by atoms with Crippen molar-refractivity contribution in [2.24, 2.45) is 0 Å². The standard InChI is InChI=1S/C10H15ClN2/c1-3-5-8-7-12-9(6-4-2)13-10(8)11/h7H,3-6H2,1-2H3. The minimum atomic E-state index is 0.625. The van der Waals surface area contributed by atoms with E-state index in [0.29, 0.717) is 5.15 Å². The first-order valence-corrected chi connectivity index (χ1v) is 5.16. The highest BCUT2D eigenvalue weighted by Gasteiger charge is 2.03. The second-order valence-corrected chi connectivity index (χ2v) is 3.46. The second-order valence-electron chi connectivity index (χ2n) is 3.10. The average Bonchev–Trinajstić information content (AvgIpc) is 2.10. The van der Waals surface area contributed by atoms with Crippen LogP contribution in [0.1, 0.15) is 38.1 Å². The Kier molecular flexibility index (Phi) is 4.16. The van der Waals surface area contributed by atoms with Gasteiger partial charge in [-0.25, -0.2) is 9.97 Å². The Bertz CT molecular complexity index is 274. The van der Waals surface area contributed by atoms with E-state index in [2.05, 4.69) is 23.8 Å². The average molecular weight is 199 g/mol. The van der Waals surface area contributed by atoms with Crippen molar-refractivity contribution in [3.8, 4) is 0 Å². The first-order valence-electron chi connectivity index (χ1n) is 4.78. The minimum absolute atomic E-state index is 0.625. The van der Waals surface area contributed by atoms with Crippen LogP contribution in [0.2, 0.25) is 5.15 Å². The fourth-order valence-electron chi connectivity index (χ4n) is 1.20. The molecule has 3 heteroatoms. The number of aryl methyl sites for hydroxylation is 2. The normalized spacial score (nSPS) is 10.4. The molecule has 0 aromatic carbocycles. The van der Waals surface area contributed by atoms with Gasteiger partial charge in [0.05, 0.1) is 0 Å². The molecule has 72 valence electrons. The lowest BCUT2D eigenvalue weighted by Crippen LogP contribution is -1.98. The number of nitrogens with zero attached hydrogens (tertiary/aromatic N) is 2. The summed E-state index contributed by atoms with van der Waals surface area (Å²) >= 11 is 5.99. The van der Waals surface area contributed by atoms with Gasteiger partial charge in [0, 0.05) is 18.2 Å². The van der Waals surface area contributed by atoms with Crippen molar-refractivity contribution in [1.29, 1.82) is 0 Å². The molecule has 1 aromatic heterocycles. The summed E-state index contributed by atoms with van der Waals surface area (Å²) in [5.74, 6) is 0.854. The summed E-state index contributed by atoms with van der Waals surface area (Å²) in [6.07, 6.45) is 5.86. The van der Waals surface area contributed by atoms with Gasteiger partial charge >= 0.3 is 0 Å². The third-order valence-corrected chi connectivity index (χ3v) is 2.18. The Morgan fingerprint density at radius 3 is 2.46 bits per heavy atom. The fraction of sp³-hybridized carbons (Fsp3) is 0.600. The Balaban J connectivity index is 2.79. The summed E-state index contributed by atoms with van der Waals surface area (Å²) in [5, 5.41) is 0.625. The molecule has 0 atom stereocenters. The molecule has 13 heavy (non-hydrogen) atoms. The largest absolute Gasteiger partial charge is 0.241 e. The molecule has 0 aliphatic heterocycles. The van der Waals surface area contributed by atoms with Gasteiger partial charge in [-0.05, 0) is 12.8 Å². The predicted octanol–water partition coefficient (Wildman–Crippen LogP) is 3.04. The first kappa shape index (κ1) is 10.5. The molecule has 1 rings (SSSR count). The Morgan fingerprint density at radius 2 is 1.92 bits per heavy atom. The van der Waals surface area contributed by atoms with Crippen molar-refractivity contribution in [2.45, 2.75) is 39.5 Å². The van der Waals surface area contributed by atoms with Crippen molar-refractivity contribution >= 4 is 11.6 Å². The van der Waals surface area contributed by atoms with Crippen LogP contribution in [0.4, 0.5) is 0 Å². The van der Waals surface area contributed by atoms with Crippen LogP contribution in [-0.4, -0.2) is 9.97 Å². The van der Waals surface area contributed by atoms with Crippen LogP contribution >= 0.6 is 11.6 Å². The lowest BCUT2D eigenvalue weighted by molar-refractivity contribution is 0.815. The fourth-order valence-corrected chi connectivity index (χ4v) is 1.44. The Labute approximate surface area is 84.4 Å². The molecule has 1 heterocycles. The van der Waals surface area contributed by atoms with Crippen molar-refractivity contribution in [2.75, 3.05) is 0 Å².